The minimum absolute atomic E-state index is 0.121. The van der Waals surface area contributed by atoms with Gasteiger partial charge in [0.15, 0.2) is 0 Å². The van der Waals surface area contributed by atoms with Gasteiger partial charge in [0.1, 0.15) is 12.4 Å². The van der Waals surface area contributed by atoms with Crippen LogP contribution in [0.25, 0.3) is 0 Å². The van der Waals surface area contributed by atoms with Crippen molar-refractivity contribution in [3.63, 3.8) is 0 Å². The predicted molar refractivity (Wildman–Crippen MR) is 80.5 cm³/mol. The van der Waals surface area contributed by atoms with Crippen LogP contribution in [0, 0.1) is 0 Å². The quantitative estimate of drug-likeness (QED) is 0.835. The van der Waals surface area contributed by atoms with Crippen molar-refractivity contribution >= 4 is 17.9 Å². The lowest BCUT2D eigenvalue weighted by Crippen LogP contribution is -2.42. The first-order valence-corrected chi connectivity index (χ1v) is 6.45. The van der Waals surface area contributed by atoms with E-state index in [1.807, 2.05) is 20.8 Å². The summed E-state index contributed by atoms with van der Waals surface area (Å²) in [5.41, 5.74) is 0.0756. The molecule has 0 fully saturated rings. The molecule has 0 spiro atoms. The van der Waals surface area contributed by atoms with Crippen LogP contribution in [-0.4, -0.2) is 24.3 Å². The summed E-state index contributed by atoms with van der Waals surface area (Å²) in [6, 6.07) is 6.45. The van der Waals surface area contributed by atoms with Crippen LogP contribution >= 0.6 is 0 Å². The Kier molecular flexibility index (Phi) is 5.78. The molecular weight excluding hydrogens is 272 g/mol. The maximum absolute atomic E-state index is 11.6. The molecule has 1 aromatic rings. The van der Waals surface area contributed by atoms with Gasteiger partial charge in [0.25, 0.3) is 0 Å². The fraction of sp³-hybridized carbons (Fsp3) is 0.333. The zero-order valence-electron chi connectivity index (χ0n) is 12.4. The molecule has 0 aromatic heterocycles. The van der Waals surface area contributed by atoms with E-state index in [2.05, 4.69) is 17.2 Å². The highest BCUT2D eigenvalue weighted by atomic mass is 16.6. The van der Waals surface area contributed by atoms with Gasteiger partial charge in [-0.1, -0.05) is 18.7 Å². The van der Waals surface area contributed by atoms with Crippen molar-refractivity contribution in [3.05, 3.63) is 36.9 Å². The summed E-state index contributed by atoms with van der Waals surface area (Å²) in [4.78, 5) is 23.0. The molecule has 2 amide bonds. The van der Waals surface area contributed by atoms with Gasteiger partial charge in [-0.15, -0.1) is 0 Å². The zero-order valence-corrected chi connectivity index (χ0v) is 12.4. The largest absolute Gasteiger partial charge is 0.445 e. The van der Waals surface area contributed by atoms with E-state index in [1.54, 1.807) is 18.2 Å². The smallest absolute Gasteiger partial charge is 0.413 e. The first-order chi connectivity index (χ1) is 9.80. The molecule has 0 aliphatic carbocycles. The summed E-state index contributed by atoms with van der Waals surface area (Å²) < 4.78 is 9.93. The number of rotatable bonds is 4. The second-order valence-corrected chi connectivity index (χ2v) is 5.30. The van der Waals surface area contributed by atoms with Gasteiger partial charge in [0, 0.05) is 17.3 Å². The second kappa shape index (κ2) is 7.33. The normalized spacial score (nSPS) is 10.4. The third-order valence-electron chi connectivity index (χ3n) is 2.10. The monoisotopic (exact) mass is 292 g/mol. The summed E-state index contributed by atoms with van der Waals surface area (Å²) in [7, 11) is 0. The molecule has 0 radical (unpaired) electrons. The van der Waals surface area contributed by atoms with Crippen LogP contribution in [0.15, 0.2) is 36.9 Å². The van der Waals surface area contributed by atoms with Crippen molar-refractivity contribution in [3.8, 4) is 5.75 Å². The van der Waals surface area contributed by atoms with Crippen molar-refractivity contribution < 1.29 is 19.1 Å². The molecule has 0 saturated carbocycles. The lowest BCUT2D eigenvalue weighted by atomic mass is 10.1. The lowest BCUT2D eigenvalue weighted by molar-refractivity contribution is 0.174. The molecular formula is C15H20N2O4. The Bertz CT molecular complexity index is 521. The highest BCUT2D eigenvalue weighted by Crippen LogP contribution is 2.18. The van der Waals surface area contributed by atoms with Crippen LogP contribution in [0.1, 0.15) is 20.8 Å². The topological polar surface area (TPSA) is 76.7 Å². The Morgan fingerprint density at radius 2 is 2.00 bits per heavy atom. The van der Waals surface area contributed by atoms with Gasteiger partial charge in [-0.3, -0.25) is 5.32 Å². The van der Waals surface area contributed by atoms with Crippen molar-refractivity contribution in [2.75, 3.05) is 11.9 Å². The average Bonchev–Trinajstić information content (AvgIpc) is 2.34. The van der Waals surface area contributed by atoms with E-state index >= 15 is 0 Å². The number of benzene rings is 1. The van der Waals surface area contributed by atoms with Gasteiger partial charge in [0.05, 0.1) is 0 Å². The molecule has 1 aromatic carbocycles. The Morgan fingerprint density at radius 1 is 1.29 bits per heavy atom. The van der Waals surface area contributed by atoms with Crippen LogP contribution in [-0.2, 0) is 4.74 Å². The van der Waals surface area contributed by atoms with Gasteiger partial charge in [-0.2, -0.15) is 0 Å². The molecule has 6 nitrogen and oxygen atoms in total. The first kappa shape index (κ1) is 16.6. The number of hydrogen-bond donors (Lipinski definition) is 2. The molecule has 2 N–H and O–H groups in total. The minimum atomic E-state index is -0.605. The molecule has 0 aliphatic heterocycles. The maximum atomic E-state index is 11.6. The number of ether oxygens (including phenoxy) is 2. The summed E-state index contributed by atoms with van der Waals surface area (Å²) >= 11 is 0. The van der Waals surface area contributed by atoms with Crippen LogP contribution in [0.3, 0.4) is 0 Å². The standard InChI is InChI=1S/C15H20N2O4/c1-5-9-20-13(18)16-11-7-6-8-12(10-11)21-14(19)17-15(2,3)4/h5-8,10H,1,9H2,2-4H3,(H,16,18)(H,17,19). The molecule has 21 heavy (non-hydrogen) atoms. The SMILES string of the molecule is C=CCOC(=O)Nc1cccc(OC(=O)NC(C)(C)C)c1. The summed E-state index contributed by atoms with van der Waals surface area (Å²) in [5, 5.41) is 5.19. The molecule has 0 atom stereocenters. The third-order valence-corrected chi connectivity index (χ3v) is 2.10. The molecule has 6 heteroatoms. The van der Waals surface area contributed by atoms with E-state index in [0.29, 0.717) is 11.4 Å². The second-order valence-electron chi connectivity index (χ2n) is 5.30. The Labute approximate surface area is 124 Å². The van der Waals surface area contributed by atoms with E-state index < -0.39 is 12.2 Å². The highest BCUT2D eigenvalue weighted by molar-refractivity contribution is 5.85. The summed E-state index contributed by atoms with van der Waals surface area (Å²) in [5.74, 6) is 0.318. The van der Waals surface area contributed by atoms with Crippen molar-refractivity contribution in [1.29, 1.82) is 0 Å². The minimum Gasteiger partial charge on any atom is -0.445 e. The number of hydrogen-bond acceptors (Lipinski definition) is 4. The molecule has 114 valence electrons. The zero-order chi connectivity index (χ0) is 15.9. The number of anilines is 1. The molecule has 0 unspecified atom stereocenters. The van der Waals surface area contributed by atoms with Gasteiger partial charge >= 0.3 is 12.2 Å². The number of amides is 2. The molecule has 0 saturated heterocycles. The van der Waals surface area contributed by atoms with Crippen molar-refractivity contribution in [2.24, 2.45) is 0 Å². The van der Waals surface area contributed by atoms with Crippen LogP contribution < -0.4 is 15.4 Å². The third kappa shape index (κ3) is 7.00. The van der Waals surface area contributed by atoms with Gasteiger partial charge in [-0.05, 0) is 32.9 Å². The Balaban J connectivity index is 2.62. The molecule has 0 aliphatic rings. The van der Waals surface area contributed by atoms with Crippen LogP contribution in [0.4, 0.5) is 15.3 Å². The van der Waals surface area contributed by atoms with Crippen molar-refractivity contribution in [1.82, 2.24) is 5.32 Å². The number of nitrogens with one attached hydrogen (secondary N) is 2. The average molecular weight is 292 g/mol. The van der Waals surface area contributed by atoms with E-state index in [1.165, 1.54) is 12.1 Å². The van der Waals surface area contributed by atoms with E-state index in [9.17, 15) is 9.59 Å². The number of carbonyl (C=O) groups is 2. The predicted octanol–water partition coefficient (Wildman–Crippen LogP) is 3.31. The summed E-state index contributed by atoms with van der Waals surface area (Å²) in [6.45, 7) is 9.11. The van der Waals surface area contributed by atoms with E-state index in [-0.39, 0.29) is 12.1 Å². The van der Waals surface area contributed by atoms with Crippen LogP contribution in [0.5, 0.6) is 5.75 Å². The molecule has 0 heterocycles. The highest BCUT2D eigenvalue weighted by Gasteiger charge is 2.15. The fourth-order valence-corrected chi connectivity index (χ4v) is 1.36. The number of carbonyl (C=O) groups excluding carboxylic acids is 2. The lowest BCUT2D eigenvalue weighted by Gasteiger charge is -2.19. The fourth-order valence-electron chi connectivity index (χ4n) is 1.36. The molecule has 1 rings (SSSR count). The van der Waals surface area contributed by atoms with Gasteiger partial charge < -0.3 is 14.8 Å². The van der Waals surface area contributed by atoms with Crippen molar-refractivity contribution in [2.45, 2.75) is 26.3 Å². The first-order valence-electron chi connectivity index (χ1n) is 6.45. The van der Waals surface area contributed by atoms with E-state index in [0.717, 1.165) is 0 Å². The Hall–Kier alpha value is -2.50. The maximum Gasteiger partial charge on any atom is 0.413 e. The Morgan fingerprint density at radius 3 is 2.62 bits per heavy atom. The molecule has 0 bridgehead atoms. The van der Waals surface area contributed by atoms with E-state index in [4.69, 9.17) is 9.47 Å². The van der Waals surface area contributed by atoms with Gasteiger partial charge in [0.2, 0.25) is 0 Å². The van der Waals surface area contributed by atoms with Gasteiger partial charge in [-0.25, -0.2) is 9.59 Å². The summed E-state index contributed by atoms with van der Waals surface area (Å²) in [6.07, 6.45) is 0.302. The van der Waals surface area contributed by atoms with Crippen LogP contribution in [0.2, 0.25) is 0 Å².